The maximum Gasteiger partial charge on any atom is 0.407 e. The van der Waals surface area contributed by atoms with Crippen LogP contribution in [0.5, 0.6) is 17.6 Å². The molecule has 1 unspecified atom stereocenters. The third kappa shape index (κ3) is 4.79. The molecule has 1 amide bonds. The largest absolute Gasteiger partial charge is 0.481 e. The third-order valence-corrected chi connectivity index (χ3v) is 7.24. The summed E-state index contributed by atoms with van der Waals surface area (Å²) in [6.45, 7) is 0.0864. The first-order chi connectivity index (χ1) is 17.3. The van der Waals surface area contributed by atoms with Crippen molar-refractivity contribution in [2.75, 3.05) is 39.1 Å². The van der Waals surface area contributed by atoms with Crippen molar-refractivity contribution in [1.82, 2.24) is 34.6 Å². The Morgan fingerprint density at radius 2 is 1.83 bits per heavy atom. The summed E-state index contributed by atoms with van der Waals surface area (Å²) in [4.78, 5) is 25.1. The van der Waals surface area contributed by atoms with E-state index in [4.69, 9.17) is 14.2 Å². The number of ether oxygens (including phenoxy) is 3. The van der Waals surface area contributed by atoms with Gasteiger partial charge in [0.2, 0.25) is 33.6 Å². The lowest BCUT2D eigenvalue weighted by Gasteiger charge is -2.30. The van der Waals surface area contributed by atoms with Gasteiger partial charge >= 0.3 is 6.09 Å². The first-order valence-electron chi connectivity index (χ1n) is 10.7. The van der Waals surface area contributed by atoms with Crippen LogP contribution in [-0.4, -0.2) is 93.9 Å². The standard InChI is InChI=1S/C20H24N8O7S/c1-33-14-8-4-7-13(23-14)16-24-25-19(28(16)15-17(34-2)21-11-22-18(15)35-3)26-36(31,32)12-6-5-9-27(10-12)20(29)30/h4,7-8,11-12H,5-6,9-10H2,1-3H3,(H,25,26)(H,29,30). The lowest BCUT2D eigenvalue weighted by molar-refractivity contribution is 0.136. The Bertz CT molecular complexity index is 1340. The summed E-state index contributed by atoms with van der Waals surface area (Å²) in [6.07, 6.45) is 0.720. The molecular weight excluding hydrogens is 496 g/mol. The van der Waals surface area contributed by atoms with Gasteiger partial charge in [-0.05, 0) is 18.9 Å². The molecule has 16 heteroatoms. The topological polar surface area (TPSA) is 184 Å². The van der Waals surface area contributed by atoms with E-state index in [0.717, 1.165) is 4.90 Å². The quantitative estimate of drug-likeness (QED) is 0.431. The van der Waals surface area contributed by atoms with E-state index in [0.29, 0.717) is 18.0 Å². The third-order valence-electron chi connectivity index (χ3n) is 5.51. The zero-order valence-electron chi connectivity index (χ0n) is 19.7. The number of likely N-dealkylation sites (tertiary alicyclic amines) is 1. The number of piperidine rings is 1. The van der Waals surface area contributed by atoms with Gasteiger partial charge in [-0.25, -0.2) is 22.8 Å². The Hall–Kier alpha value is -4.21. The number of anilines is 1. The van der Waals surface area contributed by atoms with Gasteiger partial charge in [0.05, 0.1) is 26.6 Å². The van der Waals surface area contributed by atoms with Gasteiger partial charge in [0.15, 0.2) is 11.5 Å². The zero-order valence-corrected chi connectivity index (χ0v) is 20.5. The van der Waals surface area contributed by atoms with Crippen molar-refractivity contribution in [1.29, 1.82) is 0 Å². The van der Waals surface area contributed by atoms with E-state index in [1.165, 1.54) is 32.2 Å². The number of pyridine rings is 1. The highest BCUT2D eigenvalue weighted by molar-refractivity contribution is 7.93. The number of aromatic nitrogens is 6. The van der Waals surface area contributed by atoms with E-state index >= 15 is 0 Å². The molecule has 0 saturated carbocycles. The highest BCUT2D eigenvalue weighted by atomic mass is 32.2. The van der Waals surface area contributed by atoms with Crippen LogP contribution in [-0.2, 0) is 10.0 Å². The highest BCUT2D eigenvalue weighted by Gasteiger charge is 2.35. The SMILES string of the molecule is COc1cccc(-c2nnc(NS(=O)(=O)C3CCCN(C(=O)O)C3)n2-c2c(OC)ncnc2OC)n1. The van der Waals surface area contributed by atoms with Crippen molar-refractivity contribution >= 4 is 22.1 Å². The van der Waals surface area contributed by atoms with Crippen LogP contribution < -0.4 is 18.9 Å². The molecule has 2 N–H and O–H groups in total. The number of methoxy groups -OCH3 is 3. The van der Waals surface area contributed by atoms with Crippen molar-refractivity contribution in [3.63, 3.8) is 0 Å². The lowest BCUT2D eigenvalue weighted by Crippen LogP contribution is -2.46. The van der Waals surface area contributed by atoms with Gasteiger partial charge in [0.25, 0.3) is 0 Å². The molecule has 0 aromatic carbocycles. The van der Waals surface area contributed by atoms with Gasteiger partial charge in [-0.3, -0.25) is 4.72 Å². The number of hydrogen-bond donors (Lipinski definition) is 2. The second-order valence-electron chi connectivity index (χ2n) is 7.63. The Balaban J connectivity index is 1.85. The highest BCUT2D eigenvalue weighted by Crippen LogP contribution is 2.35. The number of nitrogens with zero attached hydrogens (tertiary/aromatic N) is 7. The molecule has 1 fully saturated rings. The number of nitrogens with one attached hydrogen (secondary N) is 1. The summed E-state index contributed by atoms with van der Waals surface area (Å²) >= 11 is 0. The van der Waals surface area contributed by atoms with Gasteiger partial charge in [-0.1, -0.05) is 6.07 Å². The second kappa shape index (κ2) is 10.2. The minimum absolute atomic E-state index is 0.0564. The molecule has 0 aliphatic carbocycles. The van der Waals surface area contributed by atoms with Crippen LogP contribution in [0.15, 0.2) is 24.5 Å². The molecule has 0 radical (unpaired) electrons. The Morgan fingerprint density at radius 1 is 1.11 bits per heavy atom. The first-order valence-corrected chi connectivity index (χ1v) is 12.2. The van der Waals surface area contributed by atoms with Crippen molar-refractivity contribution in [2.45, 2.75) is 18.1 Å². The summed E-state index contributed by atoms with van der Waals surface area (Å²) in [5, 5.41) is 16.5. The Kier molecular flexibility index (Phi) is 7.05. The van der Waals surface area contributed by atoms with Crippen LogP contribution in [0.1, 0.15) is 12.8 Å². The van der Waals surface area contributed by atoms with Crippen LogP contribution in [0.4, 0.5) is 10.7 Å². The monoisotopic (exact) mass is 520 g/mol. The average molecular weight is 521 g/mol. The predicted octanol–water partition coefficient (Wildman–Crippen LogP) is 1.03. The van der Waals surface area contributed by atoms with Crippen molar-refractivity contribution in [2.24, 2.45) is 0 Å². The molecular formula is C20H24N8O7S. The predicted molar refractivity (Wildman–Crippen MR) is 125 cm³/mol. The molecule has 36 heavy (non-hydrogen) atoms. The number of sulfonamides is 1. The molecule has 15 nitrogen and oxygen atoms in total. The van der Waals surface area contributed by atoms with Gasteiger partial charge in [0, 0.05) is 19.2 Å². The Labute approximate surface area is 206 Å². The van der Waals surface area contributed by atoms with E-state index in [2.05, 4.69) is 29.9 Å². The van der Waals surface area contributed by atoms with E-state index in [-0.39, 0.29) is 48.7 Å². The fraction of sp³-hybridized carbons (Fsp3) is 0.400. The van der Waals surface area contributed by atoms with Gasteiger partial charge in [0.1, 0.15) is 12.0 Å². The van der Waals surface area contributed by atoms with Crippen LogP contribution in [0, 0.1) is 0 Å². The molecule has 192 valence electrons. The second-order valence-corrected chi connectivity index (χ2v) is 9.59. The molecule has 3 aromatic heterocycles. The van der Waals surface area contributed by atoms with E-state index in [1.54, 1.807) is 18.2 Å². The number of rotatable bonds is 8. The normalized spacial score (nSPS) is 15.9. The summed E-state index contributed by atoms with van der Waals surface area (Å²) < 4.78 is 46.4. The number of carboxylic acid groups (broad SMARTS) is 1. The molecule has 1 atom stereocenters. The minimum atomic E-state index is -4.10. The molecule has 4 rings (SSSR count). The van der Waals surface area contributed by atoms with Crippen LogP contribution in [0.2, 0.25) is 0 Å². The maximum absolute atomic E-state index is 13.3. The van der Waals surface area contributed by atoms with Gasteiger partial charge in [-0.15, -0.1) is 10.2 Å². The van der Waals surface area contributed by atoms with Crippen molar-refractivity contribution in [3.05, 3.63) is 24.5 Å². The molecule has 3 aromatic rings. The Morgan fingerprint density at radius 3 is 2.47 bits per heavy atom. The first kappa shape index (κ1) is 24.9. The zero-order chi connectivity index (χ0) is 25.9. The molecule has 1 saturated heterocycles. The fourth-order valence-electron chi connectivity index (χ4n) is 3.79. The molecule has 4 heterocycles. The molecule has 0 spiro atoms. The summed E-state index contributed by atoms with van der Waals surface area (Å²) in [5.74, 6) is 0.313. The maximum atomic E-state index is 13.3. The lowest BCUT2D eigenvalue weighted by atomic mass is 10.1. The summed E-state index contributed by atoms with van der Waals surface area (Å²) in [5.41, 5.74) is 0.426. The molecule has 1 aliphatic heterocycles. The molecule has 1 aliphatic rings. The van der Waals surface area contributed by atoms with Gasteiger partial charge < -0.3 is 24.2 Å². The molecule has 0 bridgehead atoms. The van der Waals surface area contributed by atoms with Crippen LogP contribution in [0.25, 0.3) is 17.2 Å². The fourth-order valence-corrected chi connectivity index (χ4v) is 5.20. The number of amides is 1. The summed E-state index contributed by atoms with van der Waals surface area (Å²) in [7, 11) is 0.117. The van der Waals surface area contributed by atoms with Crippen molar-refractivity contribution < 1.29 is 32.5 Å². The average Bonchev–Trinajstić information content (AvgIpc) is 3.30. The number of hydrogen-bond acceptors (Lipinski definition) is 11. The van der Waals surface area contributed by atoms with Crippen LogP contribution >= 0.6 is 0 Å². The van der Waals surface area contributed by atoms with Crippen LogP contribution in [0.3, 0.4) is 0 Å². The van der Waals surface area contributed by atoms with E-state index < -0.39 is 21.4 Å². The summed E-state index contributed by atoms with van der Waals surface area (Å²) in [6, 6.07) is 4.95. The van der Waals surface area contributed by atoms with Crippen molar-refractivity contribution in [3.8, 4) is 34.8 Å². The smallest absolute Gasteiger partial charge is 0.407 e. The minimum Gasteiger partial charge on any atom is -0.481 e. The van der Waals surface area contributed by atoms with Gasteiger partial charge in [-0.2, -0.15) is 9.97 Å². The number of carbonyl (C=O) groups is 1. The van der Waals surface area contributed by atoms with E-state index in [9.17, 15) is 18.3 Å². The van der Waals surface area contributed by atoms with E-state index in [1.807, 2.05) is 0 Å².